The van der Waals surface area contributed by atoms with Crippen molar-refractivity contribution >= 4 is 5.82 Å². The van der Waals surface area contributed by atoms with Crippen molar-refractivity contribution in [3.8, 4) is 5.75 Å². The molecule has 3 heteroatoms. The van der Waals surface area contributed by atoms with Crippen LogP contribution in [0, 0.1) is 0 Å². The van der Waals surface area contributed by atoms with E-state index in [4.69, 9.17) is 4.74 Å². The second-order valence-electron chi connectivity index (χ2n) is 2.94. The molecule has 0 atom stereocenters. The summed E-state index contributed by atoms with van der Waals surface area (Å²) in [5, 5.41) is 2.97. The van der Waals surface area contributed by atoms with Crippen molar-refractivity contribution in [3.05, 3.63) is 18.3 Å². The molecule has 0 aliphatic heterocycles. The number of pyridine rings is 1. The van der Waals surface area contributed by atoms with E-state index in [1.165, 1.54) is 12.8 Å². The summed E-state index contributed by atoms with van der Waals surface area (Å²) in [5.41, 5.74) is 0. The average molecular weight is 164 g/mol. The molecule has 1 aromatic rings. The zero-order chi connectivity index (χ0) is 8.39. The predicted molar refractivity (Wildman–Crippen MR) is 47.4 cm³/mol. The summed E-state index contributed by atoms with van der Waals surface area (Å²) in [6.45, 7) is 0. The third-order valence-corrected chi connectivity index (χ3v) is 1.81. The highest BCUT2D eigenvalue weighted by molar-refractivity contribution is 5.39. The van der Waals surface area contributed by atoms with Crippen LogP contribution in [0.3, 0.4) is 0 Å². The first kappa shape index (κ1) is 7.40. The maximum atomic E-state index is 5.59. The first-order valence-electron chi connectivity index (χ1n) is 4.19. The quantitative estimate of drug-likeness (QED) is 0.737. The Bertz CT molecular complexity index is 271. The lowest BCUT2D eigenvalue weighted by Gasteiger charge is -2.04. The number of ether oxygens (including phenoxy) is 1. The summed E-state index contributed by atoms with van der Waals surface area (Å²) < 4.78 is 5.59. The standard InChI is InChI=1S/C9H12N2O/c1-10-9-6-8(4-5-11-9)12-7-2-3-7/h4-7H,2-3H2,1H3,(H,10,11). The van der Waals surface area contributed by atoms with E-state index in [2.05, 4.69) is 10.3 Å². The lowest BCUT2D eigenvalue weighted by Crippen LogP contribution is -1.97. The summed E-state index contributed by atoms with van der Waals surface area (Å²) in [5.74, 6) is 1.77. The van der Waals surface area contributed by atoms with Gasteiger partial charge in [-0.3, -0.25) is 0 Å². The van der Waals surface area contributed by atoms with Gasteiger partial charge < -0.3 is 10.1 Å². The van der Waals surface area contributed by atoms with E-state index in [1.54, 1.807) is 6.20 Å². The molecule has 0 bridgehead atoms. The monoisotopic (exact) mass is 164 g/mol. The van der Waals surface area contributed by atoms with Crippen LogP contribution in [0.1, 0.15) is 12.8 Å². The number of nitrogens with one attached hydrogen (secondary N) is 1. The van der Waals surface area contributed by atoms with Gasteiger partial charge in [-0.25, -0.2) is 4.98 Å². The van der Waals surface area contributed by atoms with E-state index in [0.29, 0.717) is 6.10 Å². The molecule has 3 nitrogen and oxygen atoms in total. The number of nitrogens with zero attached hydrogens (tertiary/aromatic N) is 1. The largest absolute Gasteiger partial charge is 0.490 e. The smallest absolute Gasteiger partial charge is 0.129 e. The molecule has 64 valence electrons. The third-order valence-electron chi connectivity index (χ3n) is 1.81. The maximum absolute atomic E-state index is 5.59. The van der Waals surface area contributed by atoms with Crippen LogP contribution in [-0.2, 0) is 0 Å². The fraction of sp³-hybridized carbons (Fsp3) is 0.444. The molecular formula is C9H12N2O. The second-order valence-corrected chi connectivity index (χ2v) is 2.94. The minimum atomic E-state index is 0.456. The number of hydrogen-bond donors (Lipinski definition) is 1. The van der Waals surface area contributed by atoms with Gasteiger partial charge in [-0.05, 0) is 18.9 Å². The van der Waals surface area contributed by atoms with Crippen LogP contribution in [0.5, 0.6) is 5.75 Å². The third kappa shape index (κ3) is 1.67. The Morgan fingerprint density at radius 2 is 2.42 bits per heavy atom. The first-order chi connectivity index (χ1) is 5.88. The van der Waals surface area contributed by atoms with E-state index >= 15 is 0 Å². The minimum Gasteiger partial charge on any atom is -0.490 e. The number of rotatable bonds is 3. The Labute approximate surface area is 71.8 Å². The molecule has 1 aliphatic rings. The predicted octanol–water partition coefficient (Wildman–Crippen LogP) is 1.66. The zero-order valence-corrected chi connectivity index (χ0v) is 7.08. The van der Waals surface area contributed by atoms with Crippen LogP contribution < -0.4 is 10.1 Å². The van der Waals surface area contributed by atoms with Crippen LogP contribution in [-0.4, -0.2) is 18.1 Å². The van der Waals surface area contributed by atoms with Crippen LogP contribution in [0.2, 0.25) is 0 Å². The molecule has 1 N–H and O–H groups in total. The topological polar surface area (TPSA) is 34.1 Å². The highest BCUT2D eigenvalue weighted by Gasteiger charge is 2.23. The Morgan fingerprint density at radius 1 is 1.58 bits per heavy atom. The van der Waals surface area contributed by atoms with Gasteiger partial charge >= 0.3 is 0 Å². The van der Waals surface area contributed by atoms with Crippen molar-refractivity contribution in [3.63, 3.8) is 0 Å². The molecule has 1 saturated carbocycles. The van der Waals surface area contributed by atoms with Crippen molar-refractivity contribution in [1.29, 1.82) is 0 Å². The Hall–Kier alpha value is -1.25. The van der Waals surface area contributed by atoms with Crippen LogP contribution in [0.15, 0.2) is 18.3 Å². The molecule has 0 unspecified atom stereocenters. The molecule has 12 heavy (non-hydrogen) atoms. The molecule has 0 spiro atoms. The molecule has 0 saturated heterocycles. The normalized spacial score (nSPS) is 15.8. The molecular weight excluding hydrogens is 152 g/mol. The van der Waals surface area contributed by atoms with Gasteiger partial charge in [0.15, 0.2) is 0 Å². The van der Waals surface area contributed by atoms with Gasteiger partial charge in [0.25, 0.3) is 0 Å². The van der Waals surface area contributed by atoms with Gasteiger partial charge in [0, 0.05) is 19.3 Å². The van der Waals surface area contributed by atoms with E-state index in [1.807, 2.05) is 19.2 Å². The van der Waals surface area contributed by atoms with Gasteiger partial charge in [0.1, 0.15) is 11.6 Å². The summed E-state index contributed by atoms with van der Waals surface area (Å²) >= 11 is 0. The highest BCUT2D eigenvalue weighted by Crippen LogP contribution is 2.27. The summed E-state index contributed by atoms with van der Waals surface area (Å²) in [6.07, 6.45) is 4.59. The lowest BCUT2D eigenvalue weighted by molar-refractivity contribution is 0.303. The summed E-state index contributed by atoms with van der Waals surface area (Å²) in [6, 6.07) is 3.80. The zero-order valence-electron chi connectivity index (χ0n) is 7.08. The molecule has 2 rings (SSSR count). The van der Waals surface area contributed by atoms with Gasteiger partial charge in [-0.15, -0.1) is 0 Å². The summed E-state index contributed by atoms with van der Waals surface area (Å²) in [4.78, 5) is 4.09. The van der Waals surface area contributed by atoms with E-state index < -0.39 is 0 Å². The van der Waals surface area contributed by atoms with Crippen molar-refractivity contribution in [2.45, 2.75) is 18.9 Å². The van der Waals surface area contributed by atoms with Crippen LogP contribution in [0.4, 0.5) is 5.82 Å². The van der Waals surface area contributed by atoms with Gasteiger partial charge in [0.05, 0.1) is 6.10 Å². The molecule has 0 aromatic carbocycles. The SMILES string of the molecule is CNc1cc(OC2CC2)ccn1. The minimum absolute atomic E-state index is 0.456. The molecule has 0 radical (unpaired) electrons. The maximum Gasteiger partial charge on any atom is 0.129 e. The number of aromatic nitrogens is 1. The van der Waals surface area contributed by atoms with Crippen molar-refractivity contribution in [2.75, 3.05) is 12.4 Å². The Kier molecular flexibility index (Phi) is 1.86. The van der Waals surface area contributed by atoms with Crippen LogP contribution in [0.25, 0.3) is 0 Å². The van der Waals surface area contributed by atoms with Gasteiger partial charge in [-0.2, -0.15) is 0 Å². The van der Waals surface area contributed by atoms with E-state index in [-0.39, 0.29) is 0 Å². The molecule has 1 heterocycles. The fourth-order valence-electron chi connectivity index (χ4n) is 1.000. The first-order valence-corrected chi connectivity index (χ1v) is 4.19. The second kappa shape index (κ2) is 3.01. The van der Waals surface area contributed by atoms with Crippen molar-refractivity contribution in [1.82, 2.24) is 4.98 Å². The number of hydrogen-bond acceptors (Lipinski definition) is 3. The molecule has 0 amide bonds. The number of anilines is 1. The molecule has 1 fully saturated rings. The Morgan fingerprint density at radius 3 is 3.08 bits per heavy atom. The lowest BCUT2D eigenvalue weighted by atomic mass is 10.4. The van der Waals surface area contributed by atoms with Gasteiger partial charge in [-0.1, -0.05) is 0 Å². The summed E-state index contributed by atoms with van der Waals surface area (Å²) in [7, 11) is 1.85. The molecule has 1 aliphatic carbocycles. The Balaban J connectivity index is 2.08. The van der Waals surface area contributed by atoms with E-state index in [9.17, 15) is 0 Å². The van der Waals surface area contributed by atoms with Crippen molar-refractivity contribution < 1.29 is 4.74 Å². The molecule has 1 aromatic heterocycles. The van der Waals surface area contributed by atoms with Gasteiger partial charge in [0.2, 0.25) is 0 Å². The van der Waals surface area contributed by atoms with Crippen LogP contribution >= 0.6 is 0 Å². The highest BCUT2D eigenvalue weighted by atomic mass is 16.5. The van der Waals surface area contributed by atoms with Crippen molar-refractivity contribution in [2.24, 2.45) is 0 Å². The fourth-order valence-corrected chi connectivity index (χ4v) is 1.000. The average Bonchev–Trinajstić information content (AvgIpc) is 2.89. The van der Waals surface area contributed by atoms with E-state index in [0.717, 1.165) is 11.6 Å².